The molecule has 0 saturated carbocycles. The standard InChI is InChI=1S/C45H67N11O9/c1-29(57)52-33(16-6-9-22-46)40(60)50-25-26-55(28-38(59)53-35(18-8-11-24-48)42(62)54-34(17-7-10-23-47)41(61)51-27-37(49)58)56-36-19-5-4-15-32(36)44(2,3)45(56)21-20-30-13-12-14-31(43(63)64)39(30)65-45/h4-5,12-15,19-21,33-35H,6-11,16-18,22-28,46-48H2,1-3H3,(H2,49,58)(H,50,60)(H,51,61)(H,52,57)(H,53,59)(H,54,62)(H,63,64)/t33-,34-,35-,45?/m0/s1. The maximum atomic E-state index is 14.5. The number of unbranched alkanes of at least 4 members (excludes halogenated alkanes) is 3. The van der Waals surface area contributed by atoms with Crippen LogP contribution in [0.25, 0.3) is 6.08 Å². The first-order valence-electron chi connectivity index (χ1n) is 22.2. The zero-order valence-corrected chi connectivity index (χ0v) is 37.7. The van der Waals surface area contributed by atoms with Gasteiger partial charge in [0.2, 0.25) is 41.2 Å². The van der Waals surface area contributed by atoms with Crippen molar-refractivity contribution in [3.05, 3.63) is 65.2 Å². The molecule has 20 nitrogen and oxygen atoms in total. The summed E-state index contributed by atoms with van der Waals surface area (Å²) in [6.45, 7) is 5.46. The summed E-state index contributed by atoms with van der Waals surface area (Å²) in [5.41, 5.74) is 21.9. The van der Waals surface area contributed by atoms with Crippen LogP contribution in [0.2, 0.25) is 0 Å². The highest BCUT2D eigenvalue weighted by molar-refractivity contribution is 5.94. The number of hydrazine groups is 1. The lowest BCUT2D eigenvalue weighted by molar-refractivity contribution is -0.133. The molecule has 1 unspecified atom stereocenters. The van der Waals surface area contributed by atoms with Gasteiger partial charge in [-0.3, -0.25) is 33.8 Å². The number of aromatic carboxylic acids is 1. The van der Waals surface area contributed by atoms with Gasteiger partial charge in [-0.15, -0.1) is 0 Å². The van der Waals surface area contributed by atoms with Crippen LogP contribution in [0.15, 0.2) is 48.5 Å². The number of primary amides is 1. The van der Waals surface area contributed by atoms with Gasteiger partial charge in [0.25, 0.3) is 0 Å². The van der Waals surface area contributed by atoms with E-state index in [0.717, 1.165) is 5.56 Å². The third kappa shape index (κ3) is 13.2. The number of hydrogen-bond donors (Lipinski definition) is 10. The molecule has 356 valence electrons. The number of carboxylic acids is 1. The molecule has 20 heteroatoms. The Morgan fingerprint density at radius 3 is 1.92 bits per heavy atom. The van der Waals surface area contributed by atoms with E-state index in [-0.39, 0.29) is 43.2 Å². The van der Waals surface area contributed by atoms with E-state index in [1.54, 1.807) is 28.2 Å². The fourth-order valence-corrected chi connectivity index (χ4v) is 8.18. The van der Waals surface area contributed by atoms with Crippen LogP contribution in [0.1, 0.15) is 100 Å². The van der Waals surface area contributed by atoms with Crippen molar-refractivity contribution >= 4 is 53.2 Å². The van der Waals surface area contributed by atoms with E-state index in [4.69, 9.17) is 27.7 Å². The molecule has 1 spiro atoms. The molecule has 65 heavy (non-hydrogen) atoms. The number of para-hydroxylation sites is 2. The summed E-state index contributed by atoms with van der Waals surface area (Å²) in [4.78, 5) is 91.4. The molecule has 0 bridgehead atoms. The van der Waals surface area contributed by atoms with Gasteiger partial charge < -0.3 is 59.4 Å². The molecule has 4 atom stereocenters. The van der Waals surface area contributed by atoms with Crippen LogP contribution in [0.5, 0.6) is 5.75 Å². The molecule has 0 aromatic heterocycles. The van der Waals surface area contributed by atoms with E-state index in [9.17, 15) is 38.7 Å². The van der Waals surface area contributed by atoms with Crippen LogP contribution in [0.4, 0.5) is 5.69 Å². The van der Waals surface area contributed by atoms with Gasteiger partial charge in [0.1, 0.15) is 29.4 Å². The number of nitrogens with two attached hydrogens (primary N) is 4. The Bertz CT molecular complexity index is 2050. The Morgan fingerprint density at radius 2 is 1.34 bits per heavy atom. The lowest BCUT2D eigenvalue weighted by atomic mass is 9.76. The molecular formula is C45H67N11O9. The van der Waals surface area contributed by atoms with E-state index in [1.165, 1.54) is 13.0 Å². The highest BCUT2D eigenvalue weighted by Gasteiger charge is 2.61. The van der Waals surface area contributed by atoms with Gasteiger partial charge in [0.15, 0.2) is 0 Å². The number of benzene rings is 2. The van der Waals surface area contributed by atoms with Gasteiger partial charge in [-0.05, 0) is 121 Å². The lowest BCUT2D eigenvalue weighted by Gasteiger charge is -2.50. The monoisotopic (exact) mass is 906 g/mol. The van der Waals surface area contributed by atoms with Crippen LogP contribution >= 0.6 is 0 Å². The summed E-state index contributed by atoms with van der Waals surface area (Å²) in [6, 6.07) is 9.26. The molecule has 0 saturated heterocycles. The number of anilines is 1. The zero-order chi connectivity index (χ0) is 47.7. The number of carbonyl (C=O) groups excluding carboxylic acids is 6. The summed E-state index contributed by atoms with van der Waals surface area (Å²) in [5.74, 6) is -4.52. The van der Waals surface area contributed by atoms with Gasteiger partial charge in [0, 0.05) is 25.6 Å². The van der Waals surface area contributed by atoms with Crippen LogP contribution in [0.3, 0.4) is 0 Å². The van der Waals surface area contributed by atoms with Crippen molar-refractivity contribution in [2.75, 3.05) is 50.8 Å². The van der Waals surface area contributed by atoms with Crippen molar-refractivity contribution < 1.29 is 43.4 Å². The summed E-state index contributed by atoms with van der Waals surface area (Å²) >= 11 is 0. The molecule has 6 amide bonds. The lowest BCUT2D eigenvalue weighted by Crippen LogP contribution is -2.66. The van der Waals surface area contributed by atoms with Gasteiger partial charge in [-0.1, -0.05) is 30.3 Å². The predicted molar refractivity (Wildman–Crippen MR) is 245 cm³/mol. The fraction of sp³-hybridized carbons (Fsp3) is 0.533. The second kappa shape index (κ2) is 24.3. The second-order valence-electron chi connectivity index (χ2n) is 16.8. The van der Waals surface area contributed by atoms with Crippen LogP contribution in [-0.4, -0.2) is 121 Å². The summed E-state index contributed by atoms with van der Waals surface area (Å²) in [7, 11) is 0. The molecule has 2 aromatic carbocycles. The maximum absolute atomic E-state index is 14.5. The molecule has 14 N–H and O–H groups in total. The highest BCUT2D eigenvalue weighted by Crippen LogP contribution is 2.55. The number of ether oxygens (including phenoxy) is 1. The van der Waals surface area contributed by atoms with Crippen molar-refractivity contribution in [1.29, 1.82) is 0 Å². The Kier molecular flexibility index (Phi) is 19.2. The number of rotatable bonds is 27. The van der Waals surface area contributed by atoms with Crippen LogP contribution in [-0.2, 0) is 34.2 Å². The van der Waals surface area contributed by atoms with Crippen molar-refractivity contribution in [2.24, 2.45) is 22.9 Å². The molecule has 4 rings (SSSR count). The molecule has 2 aromatic rings. The van der Waals surface area contributed by atoms with E-state index >= 15 is 0 Å². The first-order chi connectivity index (χ1) is 31.0. The minimum Gasteiger partial charge on any atom is -0.478 e. The Labute approximate surface area is 379 Å². The first-order valence-corrected chi connectivity index (χ1v) is 22.2. The summed E-state index contributed by atoms with van der Waals surface area (Å²) in [5, 5.41) is 27.4. The van der Waals surface area contributed by atoms with Gasteiger partial charge in [-0.2, -0.15) is 0 Å². The molecule has 0 aliphatic carbocycles. The number of amides is 6. The normalized spacial score (nSPS) is 16.9. The largest absolute Gasteiger partial charge is 0.478 e. The van der Waals surface area contributed by atoms with Crippen molar-refractivity contribution in [3.63, 3.8) is 0 Å². The van der Waals surface area contributed by atoms with E-state index in [2.05, 4.69) is 26.6 Å². The molecular weight excluding hydrogens is 839 g/mol. The summed E-state index contributed by atoms with van der Waals surface area (Å²) < 4.78 is 6.93. The average Bonchev–Trinajstić information content (AvgIpc) is 3.44. The number of fused-ring (bicyclic) bond motifs is 2. The van der Waals surface area contributed by atoms with E-state index < -0.39 is 77.9 Å². The molecule has 2 aliphatic heterocycles. The van der Waals surface area contributed by atoms with Crippen LogP contribution in [0, 0.1) is 0 Å². The Balaban J connectivity index is 1.74. The molecule has 0 fully saturated rings. The number of hydrogen-bond acceptors (Lipinski definition) is 13. The quantitative estimate of drug-likeness (QED) is 0.0532. The number of carbonyl (C=O) groups is 7. The van der Waals surface area contributed by atoms with Crippen LogP contribution < -0.4 is 59.3 Å². The molecule has 2 heterocycles. The van der Waals surface area contributed by atoms with Gasteiger partial charge >= 0.3 is 5.97 Å². The minimum atomic E-state index is -1.48. The smallest absolute Gasteiger partial charge is 0.339 e. The number of carboxylic acid groups (broad SMARTS) is 1. The zero-order valence-electron chi connectivity index (χ0n) is 37.7. The second-order valence-corrected chi connectivity index (χ2v) is 16.8. The Morgan fingerprint density at radius 1 is 0.754 bits per heavy atom. The third-order valence-electron chi connectivity index (χ3n) is 11.6. The third-order valence-corrected chi connectivity index (χ3v) is 11.6. The average molecular weight is 906 g/mol. The van der Waals surface area contributed by atoms with E-state index in [1.807, 2.05) is 44.2 Å². The fourth-order valence-electron chi connectivity index (χ4n) is 8.18. The van der Waals surface area contributed by atoms with Gasteiger partial charge in [-0.25, -0.2) is 9.80 Å². The predicted octanol–water partition coefficient (Wildman–Crippen LogP) is 0.0805. The highest BCUT2D eigenvalue weighted by atomic mass is 16.5. The van der Waals surface area contributed by atoms with Gasteiger partial charge in [0.05, 0.1) is 24.2 Å². The number of nitrogens with one attached hydrogen (secondary N) is 5. The SMILES string of the molecule is CC(=O)N[C@@H](CCCCN)C(=O)NCCN(CC(=O)N[C@@H](CCCCN)C(=O)N[C@@H](CCCCN)C(=O)NCC(N)=O)N1c2ccccc2C(C)(C)C12C=Cc1cccc(C(=O)O)c1O2. The van der Waals surface area contributed by atoms with Crippen molar-refractivity contribution in [1.82, 2.24) is 31.6 Å². The molecule has 0 radical (unpaired) electrons. The van der Waals surface area contributed by atoms with E-state index in [0.29, 0.717) is 75.8 Å². The topological polar surface area (TPSA) is 320 Å². The Hall–Kier alpha value is -6.09. The maximum Gasteiger partial charge on any atom is 0.339 e. The molecule has 2 aliphatic rings. The number of nitrogens with zero attached hydrogens (tertiary/aromatic N) is 2. The minimum absolute atomic E-state index is 0.0150. The van der Waals surface area contributed by atoms with Crippen molar-refractivity contribution in [3.8, 4) is 5.75 Å². The first kappa shape index (κ1) is 51.5. The van der Waals surface area contributed by atoms with Crippen molar-refractivity contribution in [2.45, 2.75) is 108 Å². The summed E-state index contributed by atoms with van der Waals surface area (Å²) in [6.07, 6.45) is 7.65.